The van der Waals surface area contributed by atoms with Crippen LogP contribution in [-0.4, -0.2) is 62.5 Å². The van der Waals surface area contributed by atoms with Crippen LogP contribution >= 0.6 is 0 Å². The van der Waals surface area contributed by atoms with Crippen LogP contribution in [0.1, 0.15) is 51.0 Å². The van der Waals surface area contributed by atoms with Crippen molar-refractivity contribution in [3.63, 3.8) is 0 Å². The summed E-state index contributed by atoms with van der Waals surface area (Å²) in [7, 11) is 2.84. The maximum atomic E-state index is 11.9. The van der Waals surface area contributed by atoms with Gasteiger partial charge in [-0.1, -0.05) is 12.1 Å². The Labute approximate surface area is 216 Å². The highest BCUT2D eigenvalue weighted by atomic mass is 17.3. The Morgan fingerprint density at radius 3 is 2.49 bits per heavy atom. The van der Waals surface area contributed by atoms with Crippen molar-refractivity contribution in [2.24, 2.45) is 23.7 Å². The topological polar surface area (TPSA) is 119 Å². The molecule has 1 aromatic carbocycles. The van der Waals surface area contributed by atoms with Crippen LogP contribution < -0.4 is 4.74 Å². The van der Waals surface area contributed by atoms with Crippen molar-refractivity contribution in [1.82, 2.24) is 0 Å². The third-order valence-electron chi connectivity index (χ3n) is 8.77. The van der Waals surface area contributed by atoms with Gasteiger partial charge >= 0.3 is 11.9 Å². The second kappa shape index (κ2) is 10.1. The summed E-state index contributed by atoms with van der Waals surface area (Å²) in [4.78, 5) is 35.3. The standard InChI is InChI=1S/C27H36O10/c1-4-33-16-34-21-7-5-6-18(12-21)27(32-3)26(36-37-27)19-10-17-11-20(26)15-25(13-17,14-19)35-9-8-22(23(28)29)24(30)31-2/h5-7,12,17,19-20,22H,4,8-11,13-16H2,1-3H3,(H,28,29). The van der Waals surface area contributed by atoms with Crippen molar-refractivity contribution in [3.05, 3.63) is 29.8 Å². The second-order valence-corrected chi connectivity index (χ2v) is 10.6. The minimum atomic E-state index is -1.23. The van der Waals surface area contributed by atoms with E-state index in [9.17, 15) is 14.7 Å². The maximum absolute atomic E-state index is 11.9. The van der Waals surface area contributed by atoms with E-state index in [1.54, 1.807) is 7.11 Å². The third-order valence-corrected chi connectivity index (χ3v) is 8.77. The van der Waals surface area contributed by atoms with Crippen LogP contribution in [0.5, 0.6) is 5.75 Å². The SMILES string of the molecule is CCOCOc1cccc(C2(OC)OOC23C2CC4CC3CC(OCCC(C(=O)O)C(=O)OC)(C4)C2)c1. The van der Waals surface area contributed by atoms with E-state index in [0.717, 1.165) is 37.7 Å². The predicted octanol–water partition coefficient (Wildman–Crippen LogP) is 3.42. The lowest BCUT2D eigenvalue weighted by molar-refractivity contribution is -0.647. The Morgan fingerprint density at radius 1 is 1.14 bits per heavy atom. The monoisotopic (exact) mass is 520 g/mol. The Kier molecular flexibility index (Phi) is 7.23. The van der Waals surface area contributed by atoms with Crippen molar-refractivity contribution in [2.75, 3.05) is 34.2 Å². The zero-order valence-electron chi connectivity index (χ0n) is 21.6. The summed E-state index contributed by atoms with van der Waals surface area (Å²) in [5, 5.41) is 9.40. The third kappa shape index (κ3) is 4.23. The zero-order valence-corrected chi connectivity index (χ0v) is 21.6. The van der Waals surface area contributed by atoms with Gasteiger partial charge in [-0.3, -0.25) is 9.59 Å². The smallest absolute Gasteiger partial charge is 0.320 e. The number of methoxy groups -OCH3 is 2. The molecule has 1 saturated heterocycles. The highest BCUT2D eigenvalue weighted by Crippen LogP contribution is 2.70. The minimum Gasteiger partial charge on any atom is -0.481 e. The number of aliphatic carboxylic acids is 1. The van der Waals surface area contributed by atoms with E-state index in [1.807, 2.05) is 31.2 Å². The van der Waals surface area contributed by atoms with E-state index < -0.39 is 29.2 Å². The van der Waals surface area contributed by atoms with Gasteiger partial charge < -0.3 is 28.8 Å². The molecule has 4 atom stereocenters. The number of benzene rings is 1. The summed E-state index contributed by atoms with van der Waals surface area (Å²) >= 11 is 0. The highest BCUT2D eigenvalue weighted by Gasteiger charge is 2.78. The van der Waals surface area contributed by atoms with E-state index in [0.29, 0.717) is 18.3 Å². The van der Waals surface area contributed by atoms with Gasteiger partial charge in [-0.05, 0) is 63.5 Å². The molecule has 1 heterocycles. The van der Waals surface area contributed by atoms with Crippen molar-refractivity contribution in [1.29, 1.82) is 0 Å². The first kappa shape index (κ1) is 26.4. The van der Waals surface area contributed by atoms with Crippen LogP contribution in [0.25, 0.3) is 0 Å². The van der Waals surface area contributed by atoms with Gasteiger partial charge in [0.2, 0.25) is 0 Å². The summed E-state index contributed by atoms with van der Waals surface area (Å²) in [6.07, 6.45) is 4.47. The first-order chi connectivity index (χ1) is 17.8. The van der Waals surface area contributed by atoms with Crippen LogP contribution in [0, 0.1) is 23.7 Å². The fraction of sp³-hybridized carbons (Fsp3) is 0.704. The molecule has 37 heavy (non-hydrogen) atoms. The quantitative estimate of drug-likeness (QED) is 0.144. The summed E-state index contributed by atoms with van der Waals surface area (Å²) in [5.41, 5.74) is -0.193. The van der Waals surface area contributed by atoms with Crippen LogP contribution in [0.3, 0.4) is 0 Å². The lowest BCUT2D eigenvalue weighted by Gasteiger charge is -2.70. The summed E-state index contributed by atoms with van der Waals surface area (Å²) in [5.74, 6) is -2.83. The van der Waals surface area contributed by atoms with Gasteiger partial charge in [0, 0.05) is 37.7 Å². The van der Waals surface area contributed by atoms with Gasteiger partial charge in [0.1, 0.15) is 5.75 Å². The molecule has 5 aliphatic rings. The first-order valence-corrected chi connectivity index (χ1v) is 13.0. The molecule has 1 aromatic rings. The normalized spacial score (nSPS) is 36.2. The largest absolute Gasteiger partial charge is 0.481 e. The number of carbonyl (C=O) groups is 2. The molecule has 1 N–H and O–H groups in total. The Balaban J connectivity index is 1.34. The van der Waals surface area contributed by atoms with E-state index in [-0.39, 0.29) is 37.3 Å². The molecule has 1 spiro atoms. The predicted molar refractivity (Wildman–Crippen MR) is 127 cm³/mol. The molecule has 6 rings (SSSR count). The van der Waals surface area contributed by atoms with E-state index in [4.69, 9.17) is 28.7 Å². The molecular formula is C27H36O10. The maximum Gasteiger partial charge on any atom is 0.320 e. The van der Waals surface area contributed by atoms with E-state index in [2.05, 4.69) is 4.74 Å². The Morgan fingerprint density at radius 2 is 1.89 bits per heavy atom. The number of esters is 1. The molecule has 10 heteroatoms. The van der Waals surface area contributed by atoms with Crippen molar-refractivity contribution < 1.29 is 48.2 Å². The van der Waals surface area contributed by atoms with Gasteiger partial charge in [-0.2, -0.15) is 4.89 Å². The second-order valence-electron chi connectivity index (χ2n) is 10.6. The highest BCUT2D eigenvalue weighted by molar-refractivity contribution is 5.93. The Bertz CT molecular complexity index is 991. The lowest BCUT2D eigenvalue weighted by atomic mass is 9.45. The van der Waals surface area contributed by atoms with Gasteiger partial charge in [-0.15, -0.1) is 0 Å². The molecule has 204 valence electrons. The molecule has 1 aliphatic heterocycles. The van der Waals surface area contributed by atoms with Crippen molar-refractivity contribution in [2.45, 2.75) is 62.4 Å². The van der Waals surface area contributed by atoms with Crippen LogP contribution in [-0.2, 0) is 44.1 Å². The van der Waals surface area contributed by atoms with Gasteiger partial charge in [0.05, 0.1) is 12.7 Å². The number of carboxylic acid groups (broad SMARTS) is 1. The van der Waals surface area contributed by atoms with Crippen LogP contribution in [0.2, 0.25) is 0 Å². The average molecular weight is 521 g/mol. The summed E-state index contributed by atoms with van der Waals surface area (Å²) < 4.78 is 28.3. The van der Waals surface area contributed by atoms with Crippen molar-refractivity contribution in [3.8, 4) is 5.75 Å². The number of hydrogen-bond acceptors (Lipinski definition) is 9. The van der Waals surface area contributed by atoms with Crippen LogP contribution in [0.4, 0.5) is 0 Å². The van der Waals surface area contributed by atoms with Crippen molar-refractivity contribution >= 4 is 11.9 Å². The molecule has 5 fully saturated rings. The van der Waals surface area contributed by atoms with Gasteiger partial charge in [0.25, 0.3) is 5.79 Å². The molecule has 10 nitrogen and oxygen atoms in total. The number of ether oxygens (including phenoxy) is 5. The molecule has 4 aliphatic carbocycles. The summed E-state index contributed by atoms with van der Waals surface area (Å²) in [6, 6.07) is 7.67. The molecule has 0 radical (unpaired) electrons. The fourth-order valence-corrected chi connectivity index (χ4v) is 7.41. The van der Waals surface area contributed by atoms with E-state index >= 15 is 0 Å². The summed E-state index contributed by atoms with van der Waals surface area (Å²) in [6.45, 7) is 2.82. The molecule has 4 unspecified atom stereocenters. The van der Waals surface area contributed by atoms with Crippen LogP contribution in [0.15, 0.2) is 24.3 Å². The number of hydrogen-bond donors (Lipinski definition) is 1. The number of rotatable bonds is 12. The van der Waals surface area contributed by atoms with Gasteiger partial charge in [-0.25, -0.2) is 4.89 Å². The number of carboxylic acids is 1. The van der Waals surface area contributed by atoms with Gasteiger partial charge in [0.15, 0.2) is 18.3 Å². The fourth-order valence-electron chi connectivity index (χ4n) is 7.41. The molecule has 4 saturated carbocycles. The molecule has 0 aromatic heterocycles. The molecule has 4 bridgehead atoms. The van der Waals surface area contributed by atoms with E-state index in [1.165, 1.54) is 7.11 Å². The minimum absolute atomic E-state index is 0.0745. The Hall–Kier alpha value is -2.24. The zero-order chi connectivity index (χ0) is 26.3. The molecule has 0 amide bonds. The number of carbonyl (C=O) groups excluding carboxylic acids is 1. The lowest BCUT2D eigenvalue weighted by Crippen LogP contribution is -2.78. The first-order valence-electron chi connectivity index (χ1n) is 13.0. The molecular weight excluding hydrogens is 484 g/mol. The average Bonchev–Trinajstić information content (AvgIpc) is 2.86.